The molecular formula is C33H27FN6S. The monoisotopic (exact) mass is 558 g/mol. The molecule has 0 saturated carbocycles. The maximum atomic E-state index is 16.3. The third-order valence-electron chi connectivity index (χ3n) is 6.82. The van der Waals surface area contributed by atoms with Crippen LogP contribution in [0.2, 0.25) is 0 Å². The lowest BCUT2D eigenvalue weighted by Gasteiger charge is -2.12. The lowest BCUT2D eigenvalue weighted by molar-refractivity contribution is 0.630. The smallest absolute Gasteiger partial charge is 0.161 e. The average molecular weight is 559 g/mol. The fraction of sp³-hybridized carbons (Fsp3) is 0.0606. The van der Waals surface area contributed by atoms with E-state index < -0.39 is 5.82 Å². The van der Waals surface area contributed by atoms with E-state index in [1.807, 2.05) is 61.5 Å². The van der Waals surface area contributed by atoms with Crippen molar-refractivity contribution in [2.45, 2.75) is 13.8 Å². The number of hydrogen-bond donors (Lipinski definition) is 3. The van der Waals surface area contributed by atoms with Crippen LogP contribution in [0.1, 0.15) is 23.1 Å². The zero-order valence-electron chi connectivity index (χ0n) is 22.6. The molecule has 0 spiro atoms. The molecule has 0 aliphatic carbocycles. The maximum Gasteiger partial charge on any atom is 0.161 e. The first-order valence-corrected chi connectivity index (χ1v) is 13.9. The number of allylic oxidation sites excluding steroid dienone is 4. The number of aromatic amines is 2. The molecule has 6 rings (SSSR count). The number of hydrogen-bond acceptors (Lipinski definition) is 5. The molecule has 6 aromatic rings. The zero-order valence-corrected chi connectivity index (χ0v) is 23.4. The Labute approximate surface area is 240 Å². The highest BCUT2D eigenvalue weighted by Gasteiger charge is 2.21. The van der Waals surface area contributed by atoms with Crippen LogP contribution in [0.5, 0.6) is 0 Å². The fourth-order valence-corrected chi connectivity index (χ4v) is 5.65. The van der Waals surface area contributed by atoms with Gasteiger partial charge in [0, 0.05) is 32.3 Å². The van der Waals surface area contributed by atoms with Crippen molar-refractivity contribution in [3.8, 4) is 22.0 Å². The van der Waals surface area contributed by atoms with Gasteiger partial charge in [0.25, 0.3) is 0 Å². The van der Waals surface area contributed by atoms with Crippen LogP contribution in [-0.2, 0) is 0 Å². The minimum atomic E-state index is -0.490. The van der Waals surface area contributed by atoms with Gasteiger partial charge in [-0.25, -0.2) is 9.37 Å². The minimum absolute atomic E-state index is 0.194. The highest BCUT2D eigenvalue weighted by atomic mass is 32.1. The lowest BCUT2D eigenvalue weighted by atomic mass is 10.1. The molecule has 4 heterocycles. The van der Waals surface area contributed by atoms with E-state index in [1.54, 1.807) is 29.7 Å². The summed E-state index contributed by atoms with van der Waals surface area (Å²) in [5.41, 5.74) is 6.65. The topological polar surface area (TPSA) is 82.3 Å². The number of aryl methyl sites for hydroxylation is 1. The highest BCUT2D eigenvalue weighted by Crippen LogP contribution is 2.36. The molecule has 0 unspecified atom stereocenters. The van der Waals surface area contributed by atoms with Gasteiger partial charge in [0.2, 0.25) is 0 Å². The van der Waals surface area contributed by atoms with Crippen molar-refractivity contribution < 1.29 is 4.39 Å². The van der Waals surface area contributed by atoms with Crippen LogP contribution in [0, 0.1) is 12.7 Å². The Morgan fingerprint density at radius 2 is 1.88 bits per heavy atom. The Hall–Kier alpha value is -5.08. The van der Waals surface area contributed by atoms with E-state index >= 15 is 4.39 Å². The molecule has 0 saturated heterocycles. The van der Waals surface area contributed by atoms with E-state index in [0.717, 1.165) is 27.0 Å². The van der Waals surface area contributed by atoms with Crippen molar-refractivity contribution in [1.82, 2.24) is 30.5 Å². The molecule has 202 valence electrons. The highest BCUT2D eigenvalue weighted by molar-refractivity contribution is 7.15. The third-order valence-corrected chi connectivity index (χ3v) is 7.85. The Morgan fingerprint density at radius 1 is 1.05 bits per heavy atom. The second kappa shape index (κ2) is 10.8. The summed E-state index contributed by atoms with van der Waals surface area (Å²) in [6, 6.07) is 19.9. The predicted molar refractivity (Wildman–Crippen MR) is 168 cm³/mol. The summed E-state index contributed by atoms with van der Waals surface area (Å²) in [5.74, 6) is -0.0105. The van der Waals surface area contributed by atoms with Crippen LogP contribution in [0.4, 0.5) is 4.39 Å². The van der Waals surface area contributed by atoms with Crippen LogP contribution < -0.4 is 5.32 Å². The quantitative estimate of drug-likeness (QED) is 0.164. The van der Waals surface area contributed by atoms with Gasteiger partial charge in [0.15, 0.2) is 11.6 Å². The number of para-hydroxylation sites is 1. The number of fused-ring (bicyclic) bond motifs is 2. The van der Waals surface area contributed by atoms with Gasteiger partial charge >= 0.3 is 0 Å². The molecular weight excluding hydrogens is 531 g/mol. The number of nitrogens with zero attached hydrogens (tertiary/aromatic N) is 3. The van der Waals surface area contributed by atoms with Crippen LogP contribution >= 0.6 is 11.3 Å². The van der Waals surface area contributed by atoms with Crippen LogP contribution in [0.25, 0.3) is 55.2 Å². The molecule has 8 heteroatoms. The standard InChI is InChI=1S/C33H27FN6S/c1-5-21(17-23(6-2)36-20(4)22-11-8-7-9-12-22)30-29(34)28-26(18-35-30)39-40-32(28)33-37-25-14-10-13-24(31(25)38-33)27-16-15-19(3)41-27/h5-18,36H,2,4H2,1,3H3,(H,37,38)(H,39,40)/b21-5+,23-17+. The van der Waals surface area contributed by atoms with E-state index in [4.69, 9.17) is 4.98 Å². The van der Waals surface area contributed by atoms with Gasteiger partial charge in [-0.3, -0.25) is 10.1 Å². The van der Waals surface area contributed by atoms with Gasteiger partial charge in [-0.1, -0.05) is 61.7 Å². The molecule has 41 heavy (non-hydrogen) atoms. The molecule has 4 aromatic heterocycles. The summed E-state index contributed by atoms with van der Waals surface area (Å²) in [5, 5.41) is 10.9. The summed E-state index contributed by atoms with van der Waals surface area (Å²) in [7, 11) is 0. The normalized spacial score (nSPS) is 12.3. The van der Waals surface area contributed by atoms with Crippen LogP contribution in [0.3, 0.4) is 0 Å². The lowest BCUT2D eigenvalue weighted by Crippen LogP contribution is -2.09. The summed E-state index contributed by atoms with van der Waals surface area (Å²) in [4.78, 5) is 15.0. The SMILES string of the molecule is C=C/C(=C\C(=C/C)c1ncc2[nH]nc(-c3nc4c(-c5ccc(C)s5)cccc4[nH]3)c2c1F)NC(=C)c1ccccc1. The molecule has 0 aliphatic heterocycles. The van der Waals surface area contributed by atoms with Gasteiger partial charge in [-0.15, -0.1) is 11.3 Å². The van der Waals surface area contributed by atoms with Crippen molar-refractivity contribution in [3.63, 3.8) is 0 Å². The largest absolute Gasteiger partial charge is 0.356 e. The van der Waals surface area contributed by atoms with Crippen molar-refractivity contribution >= 4 is 44.5 Å². The Balaban J connectivity index is 1.40. The second-order valence-corrected chi connectivity index (χ2v) is 10.8. The first kappa shape index (κ1) is 26.2. The second-order valence-electron chi connectivity index (χ2n) is 9.50. The minimum Gasteiger partial charge on any atom is -0.356 e. The van der Waals surface area contributed by atoms with Gasteiger partial charge in [0.05, 0.1) is 28.1 Å². The molecule has 2 aromatic carbocycles. The van der Waals surface area contributed by atoms with Crippen LogP contribution in [0.15, 0.2) is 104 Å². The summed E-state index contributed by atoms with van der Waals surface area (Å²) in [6.45, 7) is 12.0. The number of halogens is 1. The number of thiophene rings is 1. The summed E-state index contributed by atoms with van der Waals surface area (Å²) in [6.07, 6.45) is 6.87. The maximum absolute atomic E-state index is 16.3. The number of imidazole rings is 1. The van der Waals surface area contributed by atoms with Gasteiger partial charge in [0.1, 0.15) is 11.4 Å². The van der Waals surface area contributed by atoms with Crippen molar-refractivity contribution in [3.05, 3.63) is 126 Å². The number of aromatic nitrogens is 5. The van der Waals surface area contributed by atoms with E-state index in [9.17, 15) is 0 Å². The number of benzene rings is 2. The van der Waals surface area contributed by atoms with Crippen molar-refractivity contribution in [2.24, 2.45) is 0 Å². The third kappa shape index (κ3) is 4.90. The Bertz CT molecular complexity index is 1990. The molecule has 6 nitrogen and oxygen atoms in total. The van der Waals surface area contributed by atoms with Crippen molar-refractivity contribution in [2.75, 3.05) is 0 Å². The Kier molecular flexibility index (Phi) is 6.91. The number of nitrogens with one attached hydrogen (secondary N) is 3. The number of rotatable bonds is 8. The predicted octanol–water partition coefficient (Wildman–Crippen LogP) is 8.41. The van der Waals surface area contributed by atoms with E-state index in [0.29, 0.717) is 39.4 Å². The molecule has 0 amide bonds. The molecule has 0 atom stereocenters. The first-order valence-electron chi connectivity index (χ1n) is 13.1. The van der Waals surface area contributed by atoms with Gasteiger partial charge in [-0.2, -0.15) is 5.10 Å². The van der Waals surface area contributed by atoms with Gasteiger partial charge < -0.3 is 10.3 Å². The van der Waals surface area contributed by atoms with E-state index in [-0.39, 0.29) is 5.69 Å². The van der Waals surface area contributed by atoms with Crippen molar-refractivity contribution in [1.29, 1.82) is 0 Å². The summed E-state index contributed by atoms with van der Waals surface area (Å²) >= 11 is 1.71. The number of pyridine rings is 1. The molecule has 0 radical (unpaired) electrons. The van der Waals surface area contributed by atoms with E-state index in [1.165, 1.54) is 4.88 Å². The first-order chi connectivity index (χ1) is 20.0. The summed E-state index contributed by atoms with van der Waals surface area (Å²) < 4.78 is 16.3. The average Bonchev–Trinajstić information content (AvgIpc) is 3.74. The molecule has 0 aliphatic rings. The molecule has 0 fully saturated rings. The van der Waals surface area contributed by atoms with Gasteiger partial charge in [-0.05, 0) is 49.8 Å². The zero-order chi connectivity index (χ0) is 28.5. The number of H-pyrrole nitrogens is 2. The Morgan fingerprint density at radius 3 is 2.61 bits per heavy atom. The molecule has 0 bridgehead atoms. The fourth-order valence-electron chi connectivity index (χ4n) is 4.76. The van der Waals surface area contributed by atoms with Crippen LogP contribution in [-0.4, -0.2) is 25.1 Å². The van der Waals surface area contributed by atoms with E-state index in [2.05, 4.69) is 57.7 Å². The molecule has 3 N–H and O–H groups in total.